The van der Waals surface area contributed by atoms with E-state index in [1.807, 2.05) is 11.4 Å². The van der Waals surface area contributed by atoms with Crippen LogP contribution in [0.2, 0.25) is 0 Å². The zero-order valence-electron chi connectivity index (χ0n) is 9.88. The van der Waals surface area contributed by atoms with Crippen LogP contribution < -0.4 is 0 Å². The number of hydrogen-bond donors (Lipinski definition) is 0. The average Bonchev–Trinajstić information content (AvgIpc) is 3.11. The van der Waals surface area contributed by atoms with Crippen LogP contribution in [-0.4, -0.2) is 5.78 Å². The maximum atomic E-state index is 12.1. The van der Waals surface area contributed by atoms with Gasteiger partial charge in [-0.1, -0.05) is 18.2 Å². The molecular weight excluding hydrogens is 280 g/mol. The molecular formula is C14H12OS3. The summed E-state index contributed by atoms with van der Waals surface area (Å²) in [6, 6.07) is 8.27. The Hall–Kier alpha value is -0.840. The van der Waals surface area contributed by atoms with E-state index in [0.717, 1.165) is 6.42 Å². The van der Waals surface area contributed by atoms with Crippen LogP contribution in [0.1, 0.15) is 23.1 Å². The van der Waals surface area contributed by atoms with E-state index in [2.05, 4.69) is 29.7 Å². The van der Waals surface area contributed by atoms with Gasteiger partial charge in [0.05, 0.1) is 0 Å². The molecule has 0 saturated carbocycles. The van der Waals surface area contributed by atoms with Gasteiger partial charge in [0.2, 0.25) is 0 Å². The second-order valence-electron chi connectivity index (χ2n) is 4.21. The molecule has 0 aliphatic carbocycles. The SMILES string of the molecule is CC(=O)C1(c2cccs2)CC=C(c2cccs2)S1. The van der Waals surface area contributed by atoms with Gasteiger partial charge in [-0.3, -0.25) is 4.79 Å². The van der Waals surface area contributed by atoms with Crippen LogP contribution in [0.5, 0.6) is 0 Å². The third-order valence-electron chi connectivity index (χ3n) is 3.11. The van der Waals surface area contributed by atoms with Gasteiger partial charge in [0.25, 0.3) is 0 Å². The summed E-state index contributed by atoms with van der Waals surface area (Å²) in [5.74, 6) is 0.248. The predicted molar refractivity (Wildman–Crippen MR) is 81.2 cm³/mol. The third-order valence-corrected chi connectivity index (χ3v) is 6.93. The normalized spacial score (nSPS) is 23.1. The summed E-state index contributed by atoms with van der Waals surface area (Å²) in [7, 11) is 0. The summed E-state index contributed by atoms with van der Waals surface area (Å²) >= 11 is 5.12. The van der Waals surface area contributed by atoms with Gasteiger partial charge in [-0.25, -0.2) is 0 Å². The van der Waals surface area contributed by atoms with Crippen molar-refractivity contribution in [2.75, 3.05) is 0 Å². The van der Waals surface area contributed by atoms with Gasteiger partial charge in [-0.15, -0.1) is 34.4 Å². The predicted octanol–water partition coefficient (Wildman–Crippen LogP) is 4.77. The van der Waals surface area contributed by atoms with Crippen LogP contribution in [0.3, 0.4) is 0 Å². The Kier molecular flexibility index (Phi) is 3.18. The minimum absolute atomic E-state index is 0.248. The highest BCUT2D eigenvalue weighted by Crippen LogP contribution is 2.55. The van der Waals surface area contributed by atoms with Gasteiger partial charge in [0.1, 0.15) is 4.75 Å². The molecule has 3 rings (SSSR count). The lowest BCUT2D eigenvalue weighted by Crippen LogP contribution is -2.26. The number of thioether (sulfide) groups is 1. The largest absolute Gasteiger partial charge is 0.298 e. The first kappa shape index (κ1) is 12.2. The molecule has 1 nitrogen and oxygen atoms in total. The van der Waals surface area contributed by atoms with Crippen molar-refractivity contribution in [2.45, 2.75) is 18.1 Å². The smallest absolute Gasteiger partial charge is 0.151 e. The number of hydrogen-bond acceptors (Lipinski definition) is 4. The van der Waals surface area contributed by atoms with Crippen molar-refractivity contribution >= 4 is 45.1 Å². The highest BCUT2D eigenvalue weighted by molar-refractivity contribution is 8.10. The molecule has 0 fully saturated rings. The van der Waals surface area contributed by atoms with E-state index in [4.69, 9.17) is 0 Å². The molecule has 1 atom stereocenters. The fraction of sp³-hybridized carbons (Fsp3) is 0.214. The number of carbonyl (C=O) groups excluding carboxylic acids is 1. The molecule has 1 aliphatic heterocycles. The lowest BCUT2D eigenvalue weighted by atomic mass is 9.98. The average molecular weight is 292 g/mol. The number of Topliss-reactive ketones (excluding diaryl/α,β-unsaturated/α-hetero) is 1. The monoisotopic (exact) mass is 292 g/mol. The number of ketones is 1. The molecule has 0 spiro atoms. The van der Waals surface area contributed by atoms with Gasteiger partial charge in [-0.2, -0.15) is 0 Å². The van der Waals surface area contributed by atoms with Crippen LogP contribution >= 0.6 is 34.4 Å². The van der Waals surface area contributed by atoms with Gasteiger partial charge >= 0.3 is 0 Å². The number of allylic oxidation sites excluding steroid dienone is 1. The molecule has 3 heterocycles. The molecule has 0 aromatic carbocycles. The number of carbonyl (C=O) groups is 1. The first-order valence-corrected chi connectivity index (χ1v) is 8.28. The van der Waals surface area contributed by atoms with Crippen molar-refractivity contribution in [3.05, 3.63) is 50.9 Å². The zero-order chi connectivity index (χ0) is 12.6. The highest BCUT2D eigenvalue weighted by atomic mass is 32.2. The maximum Gasteiger partial charge on any atom is 0.151 e. The van der Waals surface area contributed by atoms with E-state index in [1.165, 1.54) is 14.7 Å². The molecule has 92 valence electrons. The van der Waals surface area contributed by atoms with Gasteiger partial charge in [-0.05, 0) is 36.2 Å². The molecule has 1 aliphatic rings. The fourth-order valence-corrected chi connectivity index (χ4v) is 5.39. The summed E-state index contributed by atoms with van der Waals surface area (Å²) in [5, 5.41) is 4.12. The highest BCUT2D eigenvalue weighted by Gasteiger charge is 2.43. The van der Waals surface area contributed by atoms with E-state index in [9.17, 15) is 4.79 Å². The second kappa shape index (κ2) is 4.68. The van der Waals surface area contributed by atoms with Crippen molar-refractivity contribution in [2.24, 2.45) is 0 Å². The van der Waals surface area contributed by atoms with Crippen LogP contribution in [0.25, 0.3) is 4.91 Å². The Morgan fingerprint density at radius 1 is 1.22 bits per heavy atom. The van der Waals surface area contributed by atoms with Crippen LogP contribution in [0, 0.1) is 0 Å². The van der Waals surface area contributed by atoms with Crippen molar-refractivity contribution in [3.63, 3.8) is 0 Å². The molecule has 2 aromatic rings. The Morgan fingerprint density at radius 3 is 2.61 bits per heavy atom. The minimum atomic E-state index is -0.381. The topological polar surface area (TPSA) is 17.1 Å². The Balaban J connectivity index is 1.96. The number of rotatable bonds is 3. The molecule has 0 bridgehead atoms. The second-order valence-corrected chi connectivity index (χ2v) is 7.45. The van der Waals surface area contributed by atoms with Crippen LogP contribution in [0.4, 0.5) is 0 Å². The minimum Gasteiger partial charge on any atom is -0.298 e. The number of thiophene rings is 2. The van der Waals surface area contributed by atoms with Crippen molar-refractivity contribution in [3.8, 4) is 0 Å². The lowest BCUT2D eigenvalue weighted by Gasteiger charge is -2.24. The van der Waals surface area contributed by atoms with Gasteiger partial charge in [0, 0.05) is 14.7 Å². The van der Waals surface area contributed by atoms with Crippen molar-refractivity contribution < 1.29 is 4.79 Å². The lowest BCUT2D eigenvalue weighted by molar-refractivity contribution is -0.119. The van der Waals surface area contributed by atoms with Crippen LogP contribution in [0.15, 0.2) is 41.1 Å². The van der Waals surface area contributed by atoms with Gasteiger partial charge < -0.3 is 0 Å². The Bertz CT molecular complexity index is 581. The van der Waals surface area contributed by atoms with E-state index < -0.39 is 0 Å². The third kappa shape index (κ3) is 1.88. The molecule has 4 heteroatoms. The summed E-state index contributed by atoms with van der Waals surface area (Å²) in [6.07, 6.45) is 3.01. The fourth-order valence-electron chi connectivity index (χ4n) is 2.13. The molecule has 1 unspecified atom stereocenters. The van der Waals surface area contributed by atoms with E-state index in [-0.39, 0.29) is 10.5 Å². The summed E-state index contributed by atoms with van der Waals surface area (Å²) in [6.45, 7) is 1.71. The quantitative estimate of drug-likeness (QED) is 0.810. The zero-order valence-corrected chi connectivity index (χ0v) is 12.3. The van der Waals surface area contributed by atoms with E-state index in [1.54, 1.807) is 41.4 Å². The first-order valence-electron chi connectivity index (χ1n) is 5.70. The summed E-state index contributed by atoms with van der Waals surface area (Å²) in [4.78, 5) is 15.8. The Labute approximate surface area is 119 Å². The molecule has 0 N–H and O–H groups in total. The van der Waals surface area contributed by atoms with E-state index >= 15 is 0 Å². The maximum absolute atomic E-state index is 12.1. The van der Waals surface area contributed by atoms with Crippen molar-refractivity contribution in [1.82, 2.24) is 0 Å². The van der Waals surface area contributed by atoms with E-state index in [0.29, 0.717) is 0 Å². The summed E-state index contributed by atoms with van der Waals surface area (Å²) < 4.78 is -0.381. The first-order chi connectivity index (χ1) is 8.72. The standard InChI is InChI=1S/C14H12OS3/c1-10(15)14(13-5-3-9-17-13)7-6-12(18-14)11-4-2-8-16-11/h2-6,8-9H,7H2,1H3. The molecule has 2 aromatic heterocycles. The molecule has 0 radical (unpaired) electrons. The van der Waals surface area contributed by atoms with Gasteiger partial charge in [0.15, 0.2) is 5.78 Å². The molecule has 18 heavy (non-hydrogen) atoms. The Morgan fingerprint density at radius 2 is 2.00 bits per heavy atom. The van der Waals surface area contributed by atoms with Crippen molar-refractivity contribution in [1.29, 1.82) is 0 Å². The van der Waals surface area contributed by atoms with Crippen LogP contribution in [-0.2, 0) is 9.54 Å². The summed E-state index contributed by atoms with van der Waals surface area (Å²) in [5.41, 5.74) is 0. The molecule has 0 saturated heterocycles. The molecule has 0 amide bonds.